The summed E-state index contributed by atoms with van der Waals surface area (Å²) in [6.45, 7) is -0.875. The third-order valence-electron chi connectivity index (χ3n) is 5.63. The second kappa shape index (κ2) is 12.9. The summed E-state index contributed by atoms with van der Waals surface area (Å²) in [6.07, 6.45) is -3.23. The summed E-state index contributed by atoms with van der Waals surface area (Å²) >= 11 is 6.14. The Hall–Kier alpha value is -3.02. The number of halogens is 7. The van der Waals surface area contributed by atoms with Crippen LogP contribution in [0.2, 0.25) is 5.15 Å². The van der Waals surface area contributed by atoms with Crippen molar-refractivity contribution in [2.45, 2.75) is 36.6 Å². The monoisotopic (exact) mass is 587 g/mol. The van der Waals surface area contributed by atoms with Crippen LogP contribution in [0.15, 0.2) is 24.4 Å². The Balaban J connectivity index is 0.000000295. The number of alkyl halides is 3. The topological polar surface area (TPSA) is 181 Å². The molecule has 1 aromatic carbocycles. The number of aliphatic carboxylic acids is 1. The first-order valence-electron chi connectivity index (χ1n) is 10.9. The molecule has 4 rings (SSSR count). The van der Waals surface area contributed by atoms with Gasteiger partial charge < -0.3 is 36.5 Å². The largest absolute Gasteiger partial charge is 0.490 e. The second-order valence-corrected chi connectivity index (χ2v) is 8.87. The van der Waals surface area contributed by atoms with E-state index in [0.717, 1.165) is 6.07 Å². The predicted molar refractivity (Wildman–Crippen MR) is 125 cm³/mol. The molecule has 39 heavy (non-hydrogen) atoms. The van der Waals surface area contributed by atoms with Gasteiger partial charge in [0.05, 0.1) is 30.9 Å². The first kappa shape index (κ1) is 32.2. The third kappa shape index (κ3) is 7.77. The zero-order valence-electron chi connectivity index (χ0n) is 19.8. The maximum absolute atomic E-state index is 14.1. The highest BCUT2D eigenvalue weighted by Crippen LogP contribution is 2.34. The minimum absolute atomic E-state index is 0.0592. The number of aliphatic hydroxyl groups excluding tert-OH is 3. The van der Waals surface area contributed by atoms with Gasteiger partial charge in [0.1, 0.15) is 17.2 Å². The number of fused-ring (bicyclic) bond motifs is 3. The molecule has 0 bridgehead atoms. The van der Waals surface area contributed by atoms with Crippen LogP contribution in [-0.2, 0) is 17.8 Å². The molecule has 17 heteroatoms. The highest BCUT2D eigenvalue weighted by atomic mass is 35.5. The van der Waals surface area contributed by atoms with E-state index in [-0.39, 0.29) is 5.56 Å². The van der Waals surface area contributed by atoms with E-state index < -0.39 is 66.9 Å². The van der Waals surface area contributed by atoms with Crippen LogP contribution < -0.4 is 11.5 Å². The molecule has 0 saturated heterocycles. The molecular formula is C22H24ClF6N5O5. The van der Waals surface area contributed by atoms with Crippen LogP contribution in [0.1, 0.15) is 17.3 Å². The standard InChI is InChI=1S/C16H12ClF3N4.C4H11NO3.C2HF3O2/c17-16-15-13(1-2-22-16)23-14-4-8(12(21)6-24(14)15)7-3-10(19)11(20)5-9(7)18;5-4(1-6,2-7)3-8;3-2(4,5)1(6)7/h1-3,5,8,12H,4,6,21H2;6-8H,1-3,5H2;(H,6,7)/t8-,12+;;/m1../s1. The summed E-state index contributed by atoms with van der Waals surface area (Å²) in [5, 5.41) is 32.5. The average Bonchev–Trinajstić information content (AvgIpc) is 3.24. The fraction of sp³-hybridized carbons (Fsp3) is 0.409. The number of carbonyl (C=O) groups is 1. The lowest BCUT2D eigenvalue weighted by molar-refractivity contribution is -0.192. The molecule has 0 saturated carbocycles. The molecule has 0 aliphatic carbocycles. The van der Waals surface area contributed by atoms with Gasteiger partial charge in [-0.2, -0.15) is 13.2 Å². The summed E-state index contributed by atoms with van der Waals surface area (Å²) in [5.74, 6) is -5.71. The highest BCUT2D eigenvalue weighted by molar-refractivity contribution is 6.33. The number of hydrogen-bond donors (Lipinski definition) is 6. The van der Waals surface area contributed by atoms with Crippen molar-refractivity contribution in [3.63, 3.8) is 0 Å². The van der Waals surface area contributed by atoms with E-state index in [4.69, 9.17) is 48.3 Å². The molecule has 2 aromatic heterocycles. The van der Waals surface area contributed by atoms with Gasteiger partial charge in [0.2, 0.25) is 0 Å². The fourth-order valence-corrected chi connectivity index (χ4v) is 3.69. The second-order valence-electron chi connectivity index (χ2n) is 8.51. The van der Waals surface area contributed by atoms with Crippen molar-refractivity contribution in [3.05, 3.63) is 58.4 Å². The van der Waals surface area contributed by atoms with Crippen LogP contribution in [0.5, 0.6) is 0 Å². The van der Waals surface area contributed by atoms with Crippen LogP contribution in [0.3, 0.4) is 0 Å². The molecule has 1 aliphatic rings. The quantitative estimate of drug-likeness (QED) is 0.150. The van der Waals surface area contributed by atoms with Gasteiger partial charge in [-0.1, -0.05) is 11.6 Å². The van der Waals surface area contributed by atoms with Crippen LogP contribution in [-0.4, -0.2) is 78.5 Å². The summed E-state index contributed by atoms with van der Waals surface area (Å²) in [4.78, 5) is 17.4. The number of nitrogens with zero attached hydrogens (tertiary/aromatic N) is 3. The number of rotatable bonds is 4. The van der Waals surface area contributed by atoms with Crippen molar-refractivity contribution in [2.24, 2.45) is 11.5 Å². The molecule has 0 unspecified atom stereocenters. The fourth-order valence-electron chi connectivity index (χ4n) is 3.44. The lowest BCUT2D eigenvalue weighted by Gasteiger charge is -2.30. The Morgan fingerprint density at radius 3 is 2.10 bits per heavy atom. The predicted octanol–water partition coefficient (Wildman–Crippen LogP) is 1.46. The van der Waals surface area contributed by atoms with E-state index in [1.807, 2.05) is 4.57 Å². The Morgan fingerprint density at radius 1 is 1.08 bits per heavy atom. The smallest absolute Gasteiger partial charge is 0.475 e. The van der Waals surface area contributed by atoms with Crippen molar-refractivity contribution >= 4 is 28.6 Å². The van der Waals surface area contributed by atoms with Crippen molar-refractivity contribution in [2.75, 3.05) is 19.8 Å². The summed E-state index contributed by atoms with van der Waals surface area (Å²) in [7, 11) is 0. The van der Waals surface area contributed by atoms with Crippen molar-refractivity contribution < 1.29 is 51.6 Å². The van der Waals surface area contributed by atoms with Crippen LogP contribution >= 0.6 is 11.6 Å². The van der Waals surface area contributed by atoms with Gasteiger partial charge in [0, 0.05) is 37.2 Å². The number of pyridine rings is 1. The number of nitrogens with two attached hydrogens (primary N) is 2. The summed E-state index contributed by atoms with van der Waals surface area (Å²) in [6, 6.07) is 2.66. The molecule has 3 aromatic rings. The highest BCUT2D eigenvalue weighted by Gasteiger charge is 2.38. The van der Waals surface area contributed by atoms with Crippen molar-refractivity contribution in [3.8, 4) is 0 Å². The van der Waals surface area contributed by atoms with Gasteiger partial charge in [-0.05, 0) is 17.7 Å². The molecule has 10 nitrogen and oxygen atoms in total. The molecule has 0 radical (unpaired) electrons. The molecule has 0 spiro atoms. The van der Waals surface area contributed by atoms with E-state index >= 15 is 0 Å². The minimum Gasteiger partial charge on any atom is -0.475 e. The van der Waals surface area contributed by atoms with Gasteiger partial charge in [0.25, 0.3) is 0 Å². The number of carboxylic acid groups (broad SMARTS) is 1. The molecule has 216 valence electrons. The van der Waals surface area contributed by atoms with E-state index in [1.54, 1.807) is 12.3 Å². The number of hydrogen-bond acceptors (Lipinski definition) is 8. The first-order chi connectivity index (χ1) is 18.1. The zero-order valence-corrected chi connectivity index (χ0v) is 20.6. The SMILES string of the molecule is NC(CO)(CO)CO.N[C@H]1Cn2c(nc3ccnc(Cl)c32)C[C@@H]1c1cc(F)c(F)cc1F.O=C(O)C(F)(F)F. The van der Waals surface area contributed by atoms with E-state index in [9.17, 15) is 26.3 Å². The molecule has 3 heterocycles. The Morgan fingerprint density at radius 2 is 1.62 bits per heavy atom. The number of aliphatic hydroxyl groups is 3. The van der Waals surface area contributed by atoms with E-state index in [0.29, 0.717) is 41.0 Å². The van der Waals surface area contributed by atoms with Crippen LogP contribution in [0.25, 0.3) is 11.0 Å². The van der Waals surface area contributed by atoms with Gasteiger partial charge in [0.15, 0.2) is 16.8 Å². The molecule has 8 N–H and O–H groups in total. The Kier molecular flexibility index (Phi) is 10.6. The zero-order chi connectivity index (χ0) is 29.7. The normalized spacial score (nSPS) is 17.0. The van der Waals surface area contributed by atoms with Gasteiger partial charge in [-0.3, -0.25) is 0 Å². The van der Waals surface area contributed by atoms with Gasteiger partial charge in [-0.25, -0.2) is 27.9 Å². The van der Waals surface area contributed by atoms with Crippen LogP contribution in [0, 0.1) is 17.5 Å². The van der Waals surface area contributed by atoms with Gasteiger partial charge in [-0.15, -0.1) is 0 Å². The van der Waals surface area contributed by atoms with E-state index in [1.165, 1.54) is 0 Å². The lowest BCUT2D eigenvalue weighted by atomic mass is 9.86. The third-order valence-corrected chi connectivity index (χ3v) is 5.90. The maximum atomic E-state index is 14.1. The molecule has 0 amide bonds. The van der Waals surface area contributed by atoms with Crippen molar-refractivity contribution in [1.29, 1.82) is 0 Å². The maximum Gasteiger partial charge on any atom is 0.490 e. The molecule has 2 atom stereocenters. The number of carboxylic acids is 1. The number of benzene rings is 1. The summed E-state index contributed by atoms with van der Waals surface area (Å²) < 4.78 is 74.4. The number of imidazole rings is 1. The minimum atomic E-state index is -5.08. The lowest BCUT2D eigenvalue weighted by Crippen LogP contribution is -2.50. The number of aromatic nitrogens is 3. The molecular weight excluding hydrogens is 564 g/mol. The molecule has 0 fully saturated rings. The van der Waals surface area contributed by atoms with E-state index in [2.05, 4.69) is 9.97 Å². The average molecular weight is 588 g/mol. The molecule has 1 aliphatic heterocycles. The Bertz CT molecular complexity index is 1300. The first-order valence-corrected chi connectivity index (χ1v) is 11.3. The summed E-state index contributed by atoms with van der Waals surface area (Å²) in [5.41, 5.74) is 11.5. The Labute approximate surface area is 221 Å². The van der Waals surface area contributed by atoms with Crippen LogP contribution in [0.4, 0.5) is 26.3 Å². The van der Waals surface area contributed by atoms with Crippen molar-refractivity contribution in [1.82, 2.24) is 14.5 Å². The van der Waals surface area contributed by atoms with Gasteiger partial charge >= 0.3 is 12.1 Å².